The van der Waals surface area contributed by atoms with Gasteiger partial charge in [0, 0.05) is 28.6 Å². The van der Waals surface area contributed by atoms with Gasteiger partial charge in [0.2, 0.25) is 5.91 Å². The minimum absolute atomic E-state index is 0.00520. The number of hydrogen-bond donors (Lipinski definition) is 1. The van der Waals surface area contributed by atoms with Crippen LogP contribution in [-0.2, 0) is 27.4 Å². The third kappa shape index (κ3) is 4.82. The molecule has 0 radical (unpaired) electrons. The van der Waals surface area contributed by atoms with E-state index >= 15 is 0 Å². The van der Waals surface area contributed by atoms with Crippen molar-refractivity contribution in [3.05, 3.63) is 69.5 Å². The Hall–Kier alpha value is -2.15. The van der Waals surface area contributed by atoms with E-state index in [1.54, 1.807) is 18.2 Å². The van der Waals surface area contributed by atoms with Gasteiger partial charge in [-0.1, -0.05) is 47.5 Å². The largest absolute Gasteiger partial charge is 0.459 e. The number of aliphatic hydroxyl groups excluding tert-OH is 1. The molecule has 2 aromatic rings. The number of esters is 1. The second-order valence-electron chi connectivity index (χ2n) is 6.56. The molecule has 1 amide bonds. The Balaban J connectivity index is 1.66. The van der Waals surface area contributed by atoms with Crippen molar-refractivity contribution in [3.63, 3.8) is 0 Å². The molecule has 5 nitrogen and oxygen atoms in total. The van der Waals surface area contributed by atoms with Gasteiger partial charge in [-0.15, -0.1) is 0 Å². The highest BCUT2D eigenvalue weighted by Gasteiger charge is 2.40. The monoisotopic (exact) mass is 425 g/mol. The predicted octanol–water partition coefficient (Wildman–Crippen LogP) is 3.38. The average molecular weight is 426 g/mol. The molecule has 1 saturated heterocycles. The van der Waals surface area contributed by atoms with Gasteiger partial charge in [0.15, 0.2) is 0 Å². The van der Waals surface area contributed by atoms with Crippen molar-refractivity contribution in [2.45, 2.75) is 31.6 Å². The molecule has 2 aromatic carbocycles. The molecular formula is C20H18Cl2FNO4. The lowest BCUT2D eigenvalue weighted by Gasteiger charge is -2.23. The summed E-state index contributed by atoms with van der Waals surface area (Å²) >= 11 is 11.9. The first-order valence-electron chi connectivity index (χ1n) is 8.66. The lowest BCUT2D eigenvalue weighted by Crippen LogP contribution is -2.42. The molecule has 1 aliphatic heterocycles. The van der Waals surface area contributed by atoms with Gasteiger partial charge in [-0.05, 0) is 23.8 Å². The van der Waals surface area contributed by atoms with E-state index in [1.165, 1.54) is 29.2 Å². The van der Waals surface area contributed by atoms with Crippen LogP contribution in [0.15, 0.2) is 42.5 Å². The molecule has 0 spiro atoms. The summed E-state index contributed by atoms with van der Waals surface area (Å²) in [6.07, 6.45) is -0.983. The van der Waals surface area contributed by atoms with Crippen LogP contribution in [0.25, 0.3) is 0 Å². The van der Waals surface area contributed by atoms with Gasteiger partial charge < -0.3 is 14.7 Å². The summed E-state index contributed by atoms with van der Waals surface area (Å²) in [5, 5.41) is 10.8. The Kier molecular flexibility index (Phi) is 6.54. The van der Waals surface area contributed by atoms with Crippen molar-refractivity contribution in [2.75, 3.05) is 6.54 Å². The van der Waals surface area contributed by atoms with Crippen molar-refractivity contribution >= 4 is 35.1 Å². The fourth-order valence-corrected chi connectivity index (χ4v) is 3.57. The summed E-state index contributed by atoms with van der Waals surface area (Å²) < 4.78 is 19.1. The normalized spacial score (nSPS) is 18.9. The molecule has 0 aromatic heterocycles. The number of ether oxygens (including phenoxy) is 1. The average Bonchev–Trinajstić information content (AvgIpc) is 3.05. The quantitative estimate of drug-likeness (QED) is 0.745. The Morgan fingerprint density at radius 3 is 2.64 bits per heavy atom. The van der Waals surface area contributed by atoms with Gasteiger partial charge in [0.1, 0.15) is 18.5 Å². The van der Waals surface area contributed by atoms with Crippen LogP contribution in [0.1, 0.15) is 17.5 Å². The summed E-state index contributed by atoms with van der Waals surface area (Å²) in [6.45, 7) is -0.0917. The van der Waals surface area contributed by atoms with E-state index in [9.17, 15) is 19.1 Å². The molecule has 148 valence electrons. The number of carbonyl (C=O) groups is 2. The zero-order chi connectivity index (χ0) is 20.3. The number of benzene rings is 2. The molecular weight excluding hydrogens is 408 g/mol. The minimum atomic E-state index is -0.930. The first-order chi connectivity index (χ1) is 13.3. The molecule has 1 heterocycles. The number of likely N-dealkylation sites (tertiary alicyclic amines) is 1. The number of rotatable bonds is 5. The van der Waals surface area contributed by atoms with Crippen LogP contribution >= 0.6 is 23.2 Å². The fraction of sp³-hybridized carbons (Fsp3) is 0.300. The van der Waals surface area contributed by atoms with Crippen molar-refractivity contribution in [3.8, 4) is 0 Å². The van der Waals surface area contributed by atoms with Gasteiger partial charge in [0.25, 0.3) is 0 Å². The van der Waals surface area contributed by atoms with Crippen LogP contribution < -0.4 is 0 Å². The SMILES string of the molecule is O=C(OCc1ccc(Cl)cc1Cl)C1CC(O)CN1C(=O)Cc1ccccc1F. The summed E-state index contributed by atoms with van der Waals surface area (Å²) in [7, 11) is 0. The molecule has 3 rings (SSSR count). The fourth-order valence-electron chi connectivity index (χ4n) is 3.10. The van der Waals surface area contributed by atoms with Gasteiger partial charge >= 0.3 is 5.97 Å². The maximum absolute atomic E-state index is 13.8. The number of halogens is 3. The standard InChI is InChI=1S/C20H18Cl2FNO4/c21-14-6-5-13(16(22)8-14)11-28-20(27)18-9-15(25)10-24(18)19(26)7-12-3-1-2-4-17(12)23/h1-6,8,15,18,25H,7,9-11H2. The Morgan fingerprint density at radius 2 is 1.93 bits per heavy atom. The van der Waals surface area contributed by atoms with E-state index in [0.717, 1.165) is 0 Å². The number of nitrogens with zero attached hydrogens (tertiary/aromatic N) is 1. The molecule has 0 saturated carbocycles. The number of aliphatic hydroxyl groups is 1. The van der Waals surface area contributed by atoms with Gasteiger partial charge in [-0.25, -0.2) is 9.18 Å². The highest BCUT2D eigenvalue weighted by molar-refractivity contribution is 6.35. The minimum Gasteiger partial charge on any atom is -0.459 e. The van der Waals surface area contributed by atoms with Crippen molar-refractivity contribution < 1.29 is 23.8 Å². The zero-order valence-corrected chi connectivity index (χ0v) is 16.3. The smallest absolute Gasteiger partial charge is 0.329 e. The lowest BCUT2D eigenvalue weighted by atomic mass is 10.1. The van der Waals surface area contributed by atoms with E-state index in [2.05, 4.69) is 0 Å². The Labute approximate surface area is 171 Å². The molecule has 2 unspecified atom stereocenters. The topological polar surface area (TPSA) is 66.8 Å². The highest BCUT2D eigenvalue weighted by Crippen LogP contribution is 2.24. The van der Waals surface area contributed by atoms with Crippen molar-refractivity contribution in [1.29, 1.82) is 0 Å². The van der Waals surface area contributed by atoms with Gasteiger partial charge in [-0.3, -0.25) is 4.79 Å². The first kappa shape index (κ1) is 20.6. The number of carbonyl (C=O) groups excluding carboxylic acids is 2. The molecule has 0 bridgehead atoms. The van der Waals surface area contributed by atoms with E-state index in [1.807, 2.05) is 0 Å². The van der Waals surface area contributed by atoms with Crippen LogP contribution in [0.4, 0.5) is 4.39 Å². The highest BCUT2D eigenvalue weighted by atomic mass is 35.5. The zero-order valence-electron chi connectivity index (χ0n) is 14.8. The van der Waals surface area contributed by atoms with E-state index in [-0.39, 0.29) is 31.6 Å². The van der Waals surface area contributed by atoms with E-state index in [4.69, 9.17) is 27.9 Å². The second-order valence-corrected chi connectivity index (χ2v) is 7.41. The van der Waals surface area contributed by atoms with Gasteiger partial charge in [0.05, 0.1) is 12.5 Å². The lowest BCUT2D eigenvalue weighted by molar-refractivity contribution is -0.154. The number of amides is 1. The van der Waals surface area contributed by atoms with E-state index in [0.29, 0.717) is 15.6 Å². The molecule has 28 heavy (non-hydrogen) atoms. The first-order valence-corrected chi connectivity index (χ1v) is 9.42. The Bertz CT molecular complexity index is 892. The van der Waals surface area contributed by atoms with Crippen LogP contribution in [0, 0.1) is 5.82 Å². The molecule has 2 atom stereocenters. The summed E-state index contributed by atoms with van der Waals surface area (Å²) in [4.78, 5) is 26.3. The molecule has 0 aliphatic carbocycles. The van der Waals surface area contributed by atoms with Gasteiger partial charge in [-0.2, -0.15) is 0 Å². The Morgan fingerprint density at radius 1 is 1.18 bits per heavy atom. The molecule has 1 fully saturated rings. The van der Waals surface area contributed by atoms with Crippen molar-refractivity contribution in [1.82, 2.24) is 4.90 Å². The third-order valence-electron chi connectivity index (χ3n) is 4.56. The maximum Gasteiger partial charge on any atom is 0.329 e. The molecule has 1 aliphatic rings. The number of β-amino-alcohol motifs (C(OH)–C–C–N with tert-alkyl or cyclic N) is 1. The van der Waals surface area contributed by atoms with E-state index < -0.39 is 29.8 Å². The maximum atomic E-state index is 13.8. The number of hydrogen-bond acceptors (Lipinski definition) is 4. The van der Waals surface area contributed by atoms with Crippen LogP contribution in [0.5, 0.6) is 0 Å². The summed E-state index contributed by atoms with van der Waals surface area (Å²) in [6, 6.07) is 9.81. The predicted molar refractivity (Wildman–Crippen MR) is 102 cm³/mol. The molecule has 8 heteroatoms. The van der Waals surface area contributed by atoms with Crippen LogP contribution in [0.3, 0.4) is 0 Å². The van der Waals surface area contributed by atoms with Crippen LogP contribution in [0.2, 0.25) is 10.0 Å². The molecule has 1 N–H and O–H groups in total. The van der Waals surface area contributed by atoms with Crippen LogP contribution in [-0.4, -0.2) is 40.6 Å². The third-order valence-corrected chi connectivity index (χ3v) is 5.14. The second kappa shape index (κ2) is 8.90. The summed E-state index contributed by atoms with van der Waals surface area (Å²) in [5.74, 6) is -1.59. The summed E-state index contributed by atoms with van der Waals surface area (Å²) in [5.41, 5.74) is 0.802. The van der Waals surface area contributed by atoms with Crippen molar-refractivity contribution in [2.24, 2.45) is 0 Å².